The lowest BCUT2D eigenvalue weighted by molar-refractivity contribution is 0.0733. The van der Waals surface area contributed by atoms with Gasteiger partial charge < -0.3 is 5.32 Å². The number of thioether (sulfide) groups is 1. The lowest BCUT2D eigenvalue weighted by atomic mass is 9.65. The number of hydrogen-bond acceptors (Lipinski definition) is 2. The van der Waals surface area contributed by atoms with Crippen LogP contribution in [0.2, 0.25) is 0 Å². The third-order valence-corrected chi connectivity index (χ3v) is 9.57. The largest absolute Gasteiger partial charge is 0.311 e. The van der Waals surface area contributed by atoms with Crippen LogP contribution in [0.3, 0.4) is 0 Å². The molecular formula is C20H35NS. The molecule has 2 aliphatic carbocycles. The zero-order valence-electron chi connectivity index (χ0n) is 14.9. The summed E-state index contributed by atoms with van der Waals surface area (Å²) in [6.07, 6.45) is 8.88. The maximum Gasteiger partial charge on any atom is 0.0129 e. The normalized spacial score (nSPS) is 58.4. The van der Waals surface area contributed by atoms with Gasteiger partial charge in [-0.1, -0.05) is 27.2 Å². The summed E-state index contributed by atoms with van der Waals surface area (Å²) in [6.45, 7) is 10.0. The Bertz CT molecular complexity index is 411. The first kappa shape index (κ1) is 15.8. The molecule has 0 amide bonds. The number of nitrogens with one attached hydrogen (secondary N) is 1. The summed E-state index contributed by atoms with van der Waals surface area (Å²) < 4.78 is 0. The topological polar surface area (TPSA) is 12.0 Å². The highest BCUT2D eigenvalue weighted by molar-refractivity contribution is 8.00. The minimum atomic E-state index is 0.752. The van der Waals surface area contributed by atoms with E-state index in [-0.39, 0.29) is 0 Å². The van der Waals surface area contributed by atoms with Crippen molar-refractivity contribution in [2.45, 2.75) is 88.8 Å². The van der Waals surface area contributed by atoms with Crippen LogP contribution in [0.1, 0.15) is 66.2 Å². The first-order valence-electron chi connectivity index (χ1n) is 9.97. The standard InChI is InChI=1S/C20H35NS/c1-11-8-9-15-6-5-7-16(19(15)21-11)18-14(4)13(3)17-10-12(2)22-20(17)18/h11-21H,5-10H2,1-4H3. The van der Waals surface area contributed by atoms with Crippen LogP contribution >= 0.6 is 11.8 Å². The molecule has 0 spiro atoms. The molecule has 1 N–H and O–H groups in total. The summed E-state index contributed by atoms with van der Waals surface area (Å²) in [5.74, 6) is 5.85. The molecule has 22 heavy (non-hydrogen) atoms. The molecule has 0 radical (unpaired) electrons. The summed E-state index contributed by atoms with van der Waals surface area (Å²) in [5.41, 5.74) is 0. The van der Waals surface area contributed by atoms with Gasteiger partial charge in [-0.2, -0.15) is 11.8 Å². The molecule has 10 unspecified atom stereocenters. The minimum Gasteiger partial charge on any atom is -0.311 e. The zero-order chi connectivity index (χ0) is 15.4. The molecule has 4 rings (SSSR count). The first-order chi connectivity index (χ1) is 10.6. The molecule has 0 bridgehead atoms. The predicted octanol–water partition coefficient (Wildman–Crippen LogP) is 4.96. The van der Waals surface area contributed by atoms with Gasteiger partial charge in [-0.25, -0.2) is 0 Å². The van der Waals surface area contributed by atoms with E-state index in [4.69, 9.17) is 0 Å². The van der Waals surface area contributed by atoms with E-state index < -0.39 is 0 Å². The SMILES string of the molecule is CC1CCC2CCCC(C3C(C)C(C)C4CC(C)SC43)C2N1. The van der Waals surface area contributed by atoms with Crippen molar-refractivity contribution in [2.24, 2.45) is 35.5 Å². The molecule has 0 aromatic rings. The second-order valence-electron chi connectivity index (χ2n) is 9.13. The highest BCUT2D eigenvalue weighted by Crippen LogP contribution is 2.59. The molecule has 10 atom stereocenters. The van der Waals surface area contributed by atoms with Crippen molar-refractivity contribution in [2.75, 3.05) is 0 Å². The average Bonchev–Trinajstić information content (AvgIpc) is 2.97. The molecule has 4 fully saturated rings. The molecular weight excluding hydrogens is 286 g/mol. The van der Waals surface area contributed by atoms with Crippen LogP contribution in [-0.4, -0.2) is 22.6 Å². The van der Waals surface area contributed by atoms with Crippen LogP contribution in [0.5, 0.6) is 0 Å². The Labute approximate surface area is 141 Å². The summed E-state index contributed by atoms with van der Waals surface area (Å²) in [6, 6.07) is 1.59. The van der Waals surface area contributed by atoms with Crippen molar-refractivity contribution in [3.05, 3.63) is 0 Å². The van der Waals surface area contributed by atoms with E-state index in [1.165, 1.54) is 38.5 Å². The van der Waals surface area contributed by atoms with Gasteiger partial charge in [0.2, 0.25) is 0 Å². The molecule has 0 aromatic carbocycles. The fourth-order valence-corrected chi connectivity index (χ4v) is 8.78. The molecule has 126 valence electrons. The summed E-state index contributed by atoms with van der Waals surface area (Å²) in [5, 5.41) is 5.94. The Kier molecular flexibility index (Phi) is 4.31. The quantitative estimate of drug-likeness (QED) is 0.733. The van der Waals surface area contributed by atoms with Crippen molar-refractivity contribution >= 4 is 11.8 Å². The lowest BCUT2D eigenvalue weighted by Crippen LogP contribution is -2.55. The van der Waals surface area contributed by atoms with Crippen LogP contribution in [-0.2, 0) is 0 Å². The fraction of sp³-hybridized carbons (Fsp3) is 1.00. The lowest BCUT2D eigenvalue weighted by Gasteiger charge is -2.48. The highest BCUT2D eigenvalue weighted by Gasteiger charge is 2.55. The minimum absolute atomic E-state index is 0.752. The zero-order valence-corrected chi connectivity index (χ0v) is 15.7. The van der Waals surface area contributed by atoms with Crippen molar-refractivity contribution in [3.63, 3.8) is 0 Å². The van der Waals surface area contributed by atoms with Gasteiger partial charge in [0, 0.05) is 22.6 Å². The second-order valence-corrected chi connectivity index (χ2v) is 10.8. The van der Waals surface area contributed by atoms with Crippen LogP contribution in [0.4, 0.5) is 0 Å². The highest BCUT2D eigenvalue weighted by atomic mass is 32.2. The van der Waals surface area contributed by atoms with E-state index in [1.54, 1.807) is 0 Å². The predicted molar refractivity (Wildman–Crippen MR) is 97.2 cm³/mol. The van der Waals surface area contributed by atoms with Crippen molar-refractivity contribution in [3.8, 4) is 0 Å². The maximum atomic E-state index is 4.06. The van der Waals surface area contributed by atoms with Gasteiger partial charge in [0.15, 0.2) is 0 Å². The monoisotopic (exact) mass is 321 g/mol. The summed E-state index contributed by atoms with van der Waals surface area (Å²) >= 11 is 2.36. The molecule has 1 nitrogen and oxygen atoms in total. The summed E-state index contributed by atoms with van der Waals surface area (Å²) in [4.78, 5) is 0. The van der Waals surface area contributed by atoms with Crippen molar-refractivity contribution in [1.82, 2.24) is 5.32 Å². The first-order valence-corrected chi connectivity index (χ1v) is 10.9. The van der Waals surface area contributed by atoms with Crippen LogP contribution < -0.4 is 5.32 Å². The van der Waals surface area contributed by atoms with Crippen molar-refractivity contribution < 1.29 is 0 Å². The maximum absolute atomic E-state index is 4.06. The van der Waals surface area contributed by atoms with E-state index >= 15 is 0 Å². The van der Waals surface area contributed by atoms with E-state index in [0.717, 1.165) is 58.1 Å². The molecule has 4 aliphatic rings. The number of fused-ring (bicyclic) bond motifs is 2. The van der Waals surface area contributed by atoms with Gasteiger partial charge in [0.05, 0.1) is 0 Å². The Morgan fingerprint density at radius 1 is 0.864 bits per heavy atom. The van der Waals surface area contributed by atoms with Crippen LogP contribution in [0.25, 0.3) is 0 Å². The number of rotatable bonds is 1. The molecule has 2 heterocycles. The van der Waals surface area contributed by atoms with Gasteiger partial charge in [-0.3, -0.25) is 0 Å². The van der Waals surface area contributed by atoms with Crippen LogP contribution in [0.15, 0.2) is 0 Å². The van der Waals surface area contributed by atoms with E-state index in [1.807, 2.05) is 0 Å². The average molecular weight is 322 g/mol. The van der Waals surface area contributed by atoms with E-state index in [0.29, 0.717) is 0 Å². The van der Waals surface area contributed by atoms with Gasteiger partial charge in [0.1, 0.15) is 0 Å². The third kappa shape index (κ3) is 2.48. The molecule has 2 heteroatoms. The van der Waals surface area contributed by atoms with Crippen molar-refractivity contribution in [1.29, 1.82) is 0 Å². The van der Waals surface area contributed by atoms with Gasteiger partial charge in [-0.05, 0) is 74.5 Å². The Balaban J connectivity index is 1.59. The molecule has 2 saturated heterocycles. The van der Waals surface area contributed by atoms with Gasteiger partial charge in [0.25, 0.3) is 0 Å². The van der Waals surface area contributed by atoms with Gasteiger partial charge in [-0.15, -0.1) is 0 Å². The van der Waals surface area contributed by atoms with E-state index in [2.05, 4.69) is 44.8 Å². The Morgan fingerprint density at radius 3 is 2.50 bits per heavy atom. The second kappa shape index (κ2) is 5.99. The number of hydrogen-bond donors (Lipinski definition) is 1. The van der Waals surface area contributed by atoms with Gasteiger partial charge >= 0.3 is 0 Å². The third-order valence-electron chi connectivity index (χ3n) is 7.93. The summed E-state index contributed by atoms with van der Waals surface area (Å²) in [7, 11) is 0. The Hall–Kier alpha value is 0.310. The molecule has 2 saturated carbocycles. The van der Waals surface area contributed by atoms with E-state index in [9.17, 15) is 0 Å². The fourth-order valence-electron chi connectivity index (χ4n) is 6.72. The van der Waals surface area contributed by atoms with Crippen LogP contribution in [0, 0.1) is 35.5 Å². The smallest absolute Gasteiger partial charge is 0.0129 e. The Morgan fingerprint density at radius 2 is 1.68 bits per heavy atom. The molecule has 0 aromatic heterocycles. The molecule has 2 aliphatic heterocycles. The number of piperidine rings is 1.